The summed E-state index contributed by atoms with van der Waals surface area (Å²) >= 11 is 4.61. The number of nitrogens with zero attached hydrogens (tertiary/aromatic N) is 2. The van der Waals surface area contributed by atoms with Crippen molar-refractivity contribution in [3.05, 3.63) is 58.1 Å². The number of carboxylic acid groups (broad SMARTS) is 1. The Balaban J connectivity index is 2.41. The summed E-state index contributed by atoms with van der Waals surface area (Å²) in [5.41, 5.74) is 4.56. The third kappa shape index (κ3) is 5.30. The van der Waals surface area contributed by atoms with Crippen molar-refractivity contribution in [3.63, 3.8) is 0 Å². The van der Waals surface area contributed by atoms with Crippen LogP contribution in [-0.4, -0.2) is 41.7 Å². The van der Waals surface area contributed by atoms with Crippen molar-refractivity contribution >= 4 is 39.2 Å². The van der Waals surface area contributed by atoms with Crippen molar-refractivity contribution in [2.75, 3.05) is 7.11 Å². The van der Waals surface area contributed by atoms with Gasteiger partial charge in [0.2, 0.25) is 0 Å². The first-order valence-corrected chi connectivity index (χ1v) is 9.52. The Kier molecular flexibility index (Phi) is 6.56. The van der Waals surface area contributed by atoms with Gasteiger partial charge in [0.15, 0.2) is 5.11 Å². The highest BCUT2D eigenvalue weighted by Crippen LogP contribution is 2.27. The average molecular weight is 441 g/mol. The number of hydrogen-bond donors (Lipinski definition) is 2. The molecule has 2 aromatic rings. The molecule has 0 fully saturated rings. The first-order chi connectivity index (χ1) is 13.5. The molecule has 2 rings (SSSR count). The maximum absolute atomic E-state index is 12.5. The van der Waals surface area contributed by atoms with Crippen molar-refractivity contribution in [2.24, 2.45) is 5.73 Å². The lowest BCUT2D eigenvalue weighted by molar-refractivity contribution is -0.385. The van der Waals surface area contributed by atoms with Gasteiger partial charge in [-0.2, -0.15) is 8.42 Å². The van der Waals surface area contributed by atoms with Crippen LogP contribution in [0, 0.1) is 10.1 Å². The molecule has 0 unspecified atom stereocenters. The third-order valence-electron chi connectivity index (χ3n) is 3.61. The summed E-state index contributed by atoms with van der Waals surface area (Å²) in [5, 5.41) is 20.0. The van der Waals surface area contributed by atoms with Crippen LogP contribution in [0.5, 0.6) is 11.5 Å². The molecular weight excluding hydrogens is 426 g/mol. The molecule has 0 bridgehead atoms. The van der Waals surface area contributed by atoms with E-state index in [1.54, 1.807) is 6.07 Å². The highest BCUT2D eigenvalue weighted by Gasteiger charge is 2.26. The largest absolute Gasteiger partial charge is 0.497 e. The van der Waals surface area contributed by atoms with Gasteiger partial charge in [0.25, 0.3) is 5.69 Å². The van der Waals surface area contributed by atoms with E-state index in [1.165, 1.54) is 25.3 Å². The minimum atomic E-state index is -4.41. The molecule has 0 saturated heterocycles. The number of amides is 1. The molecule has 3 N–H and O–H groups in total. The van der Waals surface area contributed by atoms with E-state index < -0.39 is 43.4 Å². The van der Waals surface area contributed by atoms with Crippen molar-refractivity contribution < 1.29 is 32.2 Å². The first-order valence-electron chi connectivity index (χ1n) is 7.71. The van der Waals surface area contributed by atoms with Gasteiger partial charge in [-0.3, -0.25) is 10.1 Å². The number of nitro benzene ring substituents is 1. The Bertz CT molecular complexity index is 1060. The third-order valence-corrected chi connectivity index (χ3v) is 5.08. The second-order valence-corrected chi connectivity index (χ2v) is 7.44. The van der Waals surface area contributed by atoms with Gasteiger partial charge in [0.05, 0.1) is 18.6 Å². The number of hydrogen-bond acceptors (Lipinski definition) is 8. The van der Waals surface area contributed by atoms with Crippen LogP contribution in [0.15, 0.2) is 47.4 Å². The fraction of sp³-hybridized carbons (Fsp3) is 0.125. The molecule has 0 atom stereocenters. The van der Waals surface area contributed by atoms with E-state index in [0.717, 1.165) is 18.2 Å². The van der Waals surface area contributed by atoms with Gasteiger partial charge in [0.1, 0.15) is 16.4 Å². The molecule has 1 amide bonds. The smallest absolute Gasteiger partial charge is 0.413 e. The number of nitro groups is 1. The molecule has 2 aromatic carbocycles. The van der Waals surface area contributed by atoms with Crippen molar-refractivity contribution in [3.8, 4) is 11.5 Å². The summed E-state index contributed by atoms with van der Waals surface area (Å²) in [4.78, 5) is 21.7. The maximum Gasteiger partial charge on any atom is 0.413 e. The molecule has 0 aromatic heterocycles. The van der Waals surface area contributed by atoms with E-state index in [1.807, 2.05) is 0 Å². The monoisotopic (exact) mass is 441 g/mol. The Morgan fingerprint density at radius 3 is 2.48 bits per heavy atom. The van der Waals surface area contributed by atoms with Crippen molar-refractivity contribution in [2.45, 2.75) is 11.4 Å². The molecule has 29 heavy (non-hydrogen) atoms. The molecule has 0 aliphatic rings. The number of ether oxygens (including phenoxy) is 1. The second kappa shape index (κ2) is 8.70. The van der Waals surface area contributed by atoms with E-state index >= 15 is 0 Å². The summed E-state index contributed by atoms with van der Waals surface area (Å²) in [5.74, 6) is 0.298. The standard InChI is InChI=1S/C16H15N3O8S2/c1-26-11-3-2-4-12(7-11)27-29(24,25)13-6-5-10(14(8-13)19(22)23)9-18(15(17)28)16(20)21/h2-8H,9H2,1H3,(H2,17,28)(H,20,21). The molecule has 0 spiro atoms. The molecule has 11 nitrogen and oxygen atoms in total. The van der Waals surface area contributed by atoms with Gasteiger partial charge in [-0.1, -0.05) is 6.07 Å². The highest BCUT2D eigenvalue weighted by atomic mass is 32.2. The quantitative estimate of drug-likeness (QED) is 0.281. The summed E-state index contributed by atoms with van der Waals surface area (Å²) in [7, 11) is -3.02. The summed E-state index contributed by atoms with van der Waals surface area (Å²) in [6.45, 7) is -0.530. The van der Waals surface area contributed by atoms with Gasteiger partial charge in [-0.25, -0.2) is 9.69 Å². The Labute approximate surface area is 170 Å². The number of thiocarbonyl (C=S) groups is 1. The molecule has 0 radical (unpaired) electrons. The highest BCUT2D eigenvalue weighted by molar-refractivity contribution is 7.87. The molecule has 13 heteroatoms. The first kappa shape index (κ1) is 21.8. The average Bonchev–Trinajstić information content (AvgIpc) is 2.65. The van der Waals surface area contributed by atoms with Gasteiger partial charge in [0, 0.05) is 17.7 Å². The van der Waals surface area contributed by atoms with Crippen LogP contribution in [0.3, 0.4) is 0 Å². The zero-order valence-electron chi connectivity index (χ0n) is 14.8. The van der Waals surface area contributed by atoms with Gasteiger partial charge < -0.3 is 19.8 Å². The van der Waals surface area contributed by atoms with E-state index in [9.17, 15) is 23.3 Å². The topological polar surface area (TPSA) is 162 Å². The van der Waals surface area contributed by atoms with Crippen LogP contribution < -0.4 is 14.7 Å². The summed E-state index contributed by atoms with van der Waals surface area (Å²) < 4.78 is 35.0. The summed E-state index contributed by atoms with van der Waals surface area (Å²) in [6.07, 6.45) is -1.51. The molecular formula is C16H15N3O8S2. The van der Waals surface area contributed by atoms with Crippen LogP contribution in [0.2, 0.25) is 0 Å². The van der Waals surface area contributed by atoms with E-state index in [4.69, 9.17) is 19.8 Å². The van der Waals surface area contributed by atoms with Gasteiger partial charge in [-0.05, 0) is 36.5 Å². The minimum Gasteiger partial charge on any atom is -0.497 e. The van der Waals surface area contributed by atoms with E-state index in [0.29, 0.717) is 10.6 Å². The minimum absolute atomic E-state index is 0.0541. The lowest BCUT2D eigenvalue weighted by Crippen LogP contribution is -2.39. The van der Waals surface area contributed by atoms with Crippen LogP contribution in [0.4, 0.5) is 10.5 Å². The zero-order chi connectivity index (χ0) is 21.8. The molecule has 0 aliphatic heterocycles. The molecule has 0 aliphatic carbocycles. The SMILES string of the molecule is COc1cccc(OS(=O)(=O)c2ccc(CN(C(=O)O)C(N)=S)c([N+](=O)[O-])c2)c1. The predicted octanol–water partition coefficient (Wildman–Crippen LogP) is 2.09. The van der Waals surface area contributed by atoms with Gasteiger partial charge >= 0.3 is 16.2 Å². The number of nitrogens with two attached hydrogens (primary N) is 1. The van der Waals surface area contributed by atoms with Crippen LogP contribution >= 0.6 is 12.2 Å². The lowest BCUT2D eigenvalue weighted by Gasteiger charge is -2.17. The fourth-order valence-electron chi connectivity index (χ4n) is 2.24. The maximum atomic E-state index is 12.5. The van der Waals surface area contributed by atoms with Crippen LogP contribution in [0.25, 0.3) is 0 Å². The number of carbonyl (C=O) groups is 1. The molecule has 0 saturated carbocycles. The number of rotatable bonds is 7. The van der Waals surface area contributed by atoms with E-state index in [-0.39, 0.29) is 11.3 Å². The number of benzene rings is 2. The van der Waals surface area contributed by atoms with Crippen LogP contribution in [0.1, 0.15) is 5.56 Å². The second-order valence-electron chi connectivity index (χ2n) is 5.47. The Hall–Kier alpha value is -3.45. The van der Waals surface area contributed by atoms with E-state index in [2.05, 4.69) is 12.2 Å². The molecule has 0 heterocycles. The zero-order valence-corrected chi connectivity index (χ0v) is 16.5. The summed E-state index contributed by atoms with van der Waals surface area (Å²) in [6, 6.07) is 8.69. The van der Waals surface area contributed by atoms with Crippen LogP contribution in [-0.2, 0) is 16.7 Å². The Morgan fingerprint density at radius 1 is 1.28 bits per heavy atom. The normalized spacial score (nSPS) is 10.8. The number of methoxy groups -OCH3 is 1. The van der Waals surface area contributed by atoms with Crippen molar-refractivity contribution in [1.82, 2.24) is 4.90 Å². The van der Waals surface area contributed by atoms with Gasteiger partial charge in [-0.15, -0.1) is 0 Å². The fourth-order valence-corrected chi connectivity index (χ4v) is 3.33. The Morgan fingerprint density at radius 2 is 1.93 bits per heavy atom. The molecule has 154 valence electrons. The predicted molar refractivity (Wildman–Crippen MR) is 104 cm³/mol. The van der Waals surface area contributed by atoms with Crippen molar-refractivity contribution in [1.29, 1.82) is 0 Å². The lowest BCUT2D eigenvalue weighted by atomic mass is 10.1.